The Morgan fingerprint density at radius 3 is 2.56 bits per heavy atom. The molecule has 0 saturated carbocycles. The van der Waals surface area contributed by atoms with Gasteiger partial charge in [0.05, 0.1) is 17.4 Å². The molecule has 25 heavy (non-hydrogen) atoms. The minimum Gasteiger partial charge on any atom is -0.360 e. The highest BCUT2D eigenvalue weighted by Crippen LogP contribution is 2.26. The summed E-state index contributed by atoms with van der Waals surface area (Å²) >= 11 is -1.97. The summed E-state index contributed by atoms with van der Waals surface area (Å²) < 4.78 is 47.5. The number of nitriles is 1. The summed E-state index contributed by atoms with van der Waals surface area (Å²) in [6.45, 7) is 0. The molecule has 9 heteroatoms. The number of fused-ring (bicyclic) bond motifs is 1. The van der Waals surface area contributed by atoms with E-state index in [9.17, 15) is 12.6 Å². The second kappa shape index (κ2) is 6.68. The zero-order valence-electron chi connectivity index (χ0n) is 12.8. The van der Waals surface area contributed by atoms with Crippen LogP contribution in [0.5, 0.6) is 0 Å². The molecule has 0 aliphatic carbocycles. The van der Waals surface area contributed by atoms with Crippen molar-refractivity contribution in [3.63, 3.8) is 0 Å². The Morgan fingerprint density at radius 1 is 1.20 bits per heavy atom. The summed E-state index contributed by atoms with van der Waals surface area (Å²) in [5, 5.41) is 9.26. The van der Waals surface area contributed by atoms with Crippen LogP contribution in [-0.4, -0.2) is 22.2 Å². The third kappa shape index (κ3) is 3.71. The zero-order valence-corrected chi connectivity index (χ0v) is 14.4. The third-order valence-corrected chi connectivity index (χ3v) is 5.56. The maximum Gasteiger partial charge on any atom is 0.264 e. The van der Waals surface area contributed by atoms with E-state index in [0.29, 0.717) is 27.7 Å². The van der Waals surface area contributed by atoms with Gasteiger partial charge in [0.2, 0.25) is 0 Å². The molecule has 1 atom stereocenters. The van der Waals surface area contributed by atoms with Gasteiger partial charge >= 0.3 is 0 Å². The molecular weight excluding hydrogens is 362 g/mol. The number of nitrogens with one attached hydrogen (secondary N) is 2. The van der Waals surface area contributed by atoms with Crippen molar-refractivity contribution >= 4 is 37.7 Å². The van der Waals surface area contributed by atoms with Crippen molar-refractivity contribution in [2.75, 3.05) is 4.72 Å². The lowest BCUT2D eigenvalue weighted by Gasteiger charge is -2.07. The lowest BCUT2D eigenvalue weighted by molar-refractivity contribution is 0.563. The van der Waals surface area contributed by atoms with Crippen molar-refractivity contribution in [2.24, 2.45) is 0 Å². The largest absolute Gasteiger partial charge is 0.360 e. The summed E-state index contributed by atoms with van der Waals surface area (Å²) in [5.41, 5.74) is 1.96. The Hall–Kier alpha value is -2.67. The van der Waals surface area contributed by atoms with Crippen molar-refractivity contribution in [2.45, 2.75) is 10.6 Å². The van der Waals surface area contributed by atoms with Gasteiger partial charge < -0.3 is 9.54 Å². The number of aromatic amines is 1. The van der Waals surface area contributed by atoms with E-state index in [2.05, 4.69) is 9.71 Å². The molecule has 3 N–H and O–H groups in total. The molecule has 1 unspecified atom stereocenters. The van der Waals surface area contributed by atoms with Crippen molar-refractivity contribution in [3.05, 3.63) is 59.8 Å². The molecule has 0 radical (unpaired) electrons. The SMILES string of the molecule is N#Cc1ccc(NS(=O)(=O)c2c[nH]c3cc(CS(=O)O)ccc23)cc1. The summed E-state index contributed by atoms with van der Waals surface area (Å²) in [4.78, 5) is 2.94. The molecule has 3 rings (SSSR count). The van der Waals surface area contributed by atoms with Crippen LogP contribution in [0, 0.1) is 11.3 Å². The van der Waals surface area contributed by atoms with E-state index in [-0.39, 0.29) is 10.6 Å². The molecule has 0 spiro atoms. The van der Waals surface area contributed by atoms with Crippen LogP contribution in [0.15, 0.2) is 53.6 Å². The van der Waals surface area contributed by atoms with Gasteiger partial charge in [-0.3, -0.25) is 4.72 Å². The number of sulfonamides is 1. The predicted molar refractivity (Wildman–Crippen MR) is 94.7 cm³/mol. The first-order valence-corrected chi connectivity index (χ1v) is 9.85. The molecule has 1 aromatic heterocycles. The van der Waals surface area contributed by atoms with Crippen LogP contribution in [-0.2, 0) is 26.9 Å². The maximum absolute atomic E-state index is 12.6. The van der Waals surface area contributed by atoms with Gasteiger partial charge in [0.1, 0.15) is 4.90 Å². The Morgan fingerprint density at radius 2 is 1.92 bits per heavy atom. The second-order valence-corrected chi connectivity index (χ2v) is 7.88. The van der Waals surface area contributed by atoms with E-state index in [1.165, 1.54) is 30.5 Å². The minimum atomic E-state index is -3.83. The second-order valence-electron chi connectivity index (χ2n) is 5.29. The highest BCUT2D eigenvalue weighted by atomic mass is 32.2. The fourth-order valence-electron chi connectivity index (χ4n) is 2.42. The van der Waals surface area contributed by atoms with Gasteiger partial charge in [-0.05, 0) is 35.9 Å². The van der Waals surface area contributed by atoms with Gasteiger partial charge in [0, 0.05) is 22.8 Å². The van der Waals surface area contributed by atoms with Crippen molar-refractivity contribution in [1.82, 2.24) is 4.98 Å². The molecule has 0 bridgehead atoms. The monoisotopic (exact) mass is 375 g/mol. The Labute approximate surface area is 146 Å². The number of hydrogen-bond donors (Lipinski definition) is 3. The molecule has 0 fully saturated rings. The average molecular weight is 375 g/mol. The summed E-state index contributed by atoms with van der Waals surface area (Å²) in [7, 11) is -3.83. The van der Waals surface area contributed by atoms with Crippen LogP contribution in [0.3, 0.4) is 0 Å². The molecule has 7 nitrogen and oxygen atoms in total. The molecule has 128 valence electrons. The third-order valence-electron chi connectivity index (χ3n) is 3.55. The molecule has 3 aromatic rings. The molecule has 0 aliphatic rings. The Kier molecular flexibility index (Phi) is 4.59. The number of aromatic nitrogens is 1. The number of benzene rings is 2. The van der Waals surface area contributed by atoms with Crippen molar-refractivity contribution in [3.8, 4) is 6.07 Å². The van der Waals surface area contributed by atoms with E-state index in [1.807, 2.05) is 6.07 Å². The highest BCUT2D eigenvalue weighted by Gasteiger charge is 2.19. The summed E-state index contributed by atoms with van der Waals surface area (Å²) in [6.07, 6.45) is 1.37. The fourth-order valence-corrected chi connectivity index (χ4v) is 4.13. The smallest absolute Gasteiger partial charge is 0.264 e. The van der Waals surface area contributed by atoms with E-state index < -0.39 is 21.1 Å². The van der Waals surface area contributed by atoms with E-state index in [4.69, 9.17) is 9.81 Å². The van der Waals surface area contributed by atoms with Crippen LogP contribution in [0.25, 0.3) is 10.9 Å². The highest BCUT2D eigenvalue weighted by molar-refractivity contribution is 7.93. The van der Waals surface area contributed by atoms with Gasteiger partial charge in [-0.25, -0.2) is 12.6 Å². The molecule has 0 saturated heterocycles. The molecule has 0 amide bonds. The molecule has 0 aliphatic heterocycles. The van der Waals surface area contributed by atoms with Crippen molar-refractivity contribution < 1.29 is 17.2 Å². The number of anilines is 1. The standard InChI is InChI=1S/C16H13N3O4S2/c17-8-11-1-4-13(5-2-11)19-25(22,23)16-9-18-15-7-12(10-24(20)21)3-6-14(15)16/h1-7,9,18-19H,10H2,(H,20,21). The summed E-state index contributed by atoms with van der Waals surface area (Å²) in [6, 6.07) is 12.9. The van der Waals surface area contributed by atoms with E-state index in [1.54, 1.807) is 18.2 Å². The quantitative estimate of drug-likeness (QED) is 0.591. The number of H-pyrrole nitrogens is 1. The number of hydrogen-bond acceptors (Lipinski definition) is 4. The van der Waals surface area contributed by atoms with Crippen molar-refractivity contribution in [1.29, 1.82) is 5.26 Å². The first-order chi connectivity index (χ1) is 11.9. The van der Waals surface area contributed by atoms with Crippen LogP contribution in [0.2, 0.25) is 0 Å². The lowest BCUT2D eigenvalue weighted by atomic mass is 10.2. The van der Waals surface area contributed by atoms with Gasteiger partial charge in [0.25, 0.3) is 10.0 Å². The van der Waals surface area contributed by atoms with Crippen LogP contribution in [0.4, 0.5) is 5.69 Å². The maximum atomic E-state index is 12.6. The first-order valence-electron chi connectivity index (χ1n) is 7.09. The Bertz CT molecular complexity index is 1100. The zero-order chi connectivity index (χ0) is 18.0. The topological polar surface area (TPSA) is 123 Å². The molecule has 2 aromatic carbocycles. The van der Waals surface area contributed by atoms with E-state index >= 15 is 0 Å². The van der Waals surface area contributed by atoms with Gasteiger partial charge in [0.15, 0.2) is 11.1 Å². The number of nitrogens with zero attached hydrogens (tertiary/aromatic N) is 1. The number of rotatable bonds is 5. The average Bonchev–Trinajstić information content (AvgIpc) is 2.98. The normalized spacial score (nSPS) is 12.6. The lowest BCUT2D eigenvalue weighted by Crippen LogP contribution is -2.12. The van der Waals surface area contributed by atoms with Crippen LogP contribution in [0.1, 0.15) is 11.1 Å². The first kappa shape index (κ1) is 17.2. The fraction of sp³-hybridized carbons (Fsp3) is 0.0625. The van der Waals surface area contributed by atoms with Crippen LogP contribution >= 0.6 is 0 Å². The minimum absolute atomic E-state index is 0.0272. The summed E-state index contributed by atoms with van der Waals surface area (Å²) in [5.74, 6) is -0.0272. The predicted octanol–water partition coefficient (Wildman–Crippen LogP) is 2.56. The van der Waals surface area contributed by atoms with Gasteiger partial charge in [-0.15, -0.1) is 0 Å². The van der Waals surface area contributed by atoms with E-state index in [0.717, 1.165) is 0 Å². The molecular formula is C16H13N3O4S2. The van der Waals surface area contributed by atoms with Crippen LogP contribution < -0.4 is 4.72 Å². The van der Waals surface area contributed by atoms with Gasteiger partial charge in [-0.2, -0.15) is 5.26 Å². The Balaban J connectivity index is 1.93. The molecule has 1 heterocycles. The van der Waals surface area contributed by atoms with Gasteiger partial charge in [-0.1, -0.05) is 12.1 Å².